The minimum Gasteiger partial charge on any atom is -0.468 e. The molecule has 29 heavy (non-hydrogen) atoms. The monoisotopic (exact) mass is 411 g/mol. The van der Waals surface area contributed by atoms with Crippen molar-refractivity contribution in [3.05, 3.63) is 41.2 Å². The molecule has 2 heterocycles. The number of hydrogen-bond acceptors (Lipinski definition) is 6. The third-order valence-corrected chi connectivity index (χ3v) is 5.88. The molecule has 3 aromatic rings. The molecule has 0 N–H and O–H groups in total. The van der Waals surface area contributed by atoms with Crippen molar-refractivity contribution >= 4 is 56.0 Å². The van der Waals surface area contributed by atoms with E-state index in [0.717, 1.165) is 25.9 Å². The van der Waals surface area contributed by atoms with E-state index < -0.39 is 18.4 Å². The van der Waals surface area contributed by atoms with Crippen LogP contribution in [0, 0.1) is 0 Å². The zero-order valence-electron chi connectivity index (χ0n) is 15.6. The Hall–Kier alpha value is -3.33. The molecule has 2 aromatic carbocycles. The van der Waals surface area contributed by atoms with Crippen LogP contribution in [0.3, 0.4) is 0 Å². The van der Waals surface area contributed by atoms with Crippen LogP contribution < -0.4 is 4.80 Å². The molecule has 0 bridgehead atoms. The maximum atomic E-state index is 12.5. The molecule has 1 aliphatic rings. The van der Waals surface area contributed by atoms with E-state index in [0.29, 0.717) is 4.80 Å². The number of carbonyl (C=O) groups is 4. The number of methoxy groups -OCH3 is 1. The number of esters is 1. The lowest BCUT2D eigenvalue weighted by atomic mass is 10.1. The van der Waals surface area contributed by atoms with E-state index in [4.69, 9.17) is 4.74 Å². The second-order valence-electron chi connectivity index (χ2n) is 6.56. The normalized spacial score (nSPS) is 14.9. The van der Waals surface area contributed by atoms with Gasteiger partial charge in [0.1, 0.15) is 13.1 Å². The molecule has 0 saturated carbocycles. The lowest BCUT2D eigenvalue weighted by Crippen LogP contribution is -2.34. The fourth-order valence-electron chi connectivity index (χ4n) is 3.31. The topological polar surface area (TPSA) is 98.0 Å². The van der Waals surface area contributed by atoms with E-state index in [9.17, 15) is 19.2 Å². The zero-order chi connectivity index (χ0) is 20.5. The smallest absolute Gasteiger partial charge is 0.325 e. The molecule has 0 radical (unpaired) electrons. The van der Waals surface area contributed by atoms with E-state index >= 15 is 0 Å². The predicted octanol–water partition coefficient (Wildman–Crippen LogP) is 1.61. The minimum absolute atomic E-state index is 0.109. The summed E-state index contributed by atoms with van der Waals surface area (Å²) < 4.78 is 7.27. The predicted molar refractivity (Wildman–Crippen MR) is 106 cm³/mol. The molecule has 0 aliphatic carbocycles. The van der Waals surface area contributed by atoms with E-state index in [1.165, 1.54) is 18.4 Å². The minimum atomic E-state index is -0.622. The lowest BCUT2D eigenvalue weighted by Gasteiger charge is -2.10. The average molecular weight is 411 g/mol. The Labute approximate surface area is 169 Å². The Morgan fingerprint density at radius 1 is 1.07 bits per heavy atom. The van der Waals surface area contributed by atoms with Gasteiger partial charge in [-0.15, -0.1) is 0 Å². The highest BCUT2D eigenvalue weighted by Crippen LogP contribution is 2.27. The molecule has 1 aromatic heterocycles. The first-order chi connectivity index (χ1) is 14.0. The Balaban J connectivity index is 1.82. The summed E-state index contributed by atoms with van der Waals surface area (Å²) in [6, 6.07) is 11.6. The molecular weight excluding hydrogens is 394 g/mol. The van der Waals surface area contributed by atoms with Crippen molar-refractivity contribution in [3.63, 3.8) is 0 Å². The summed E-state index contributed by atoms with van der Waals surface area (Å²) in [6.07, 6.45) is 0.229. The van der Waals surface area contributed by atoms with Gasteiger partial charge in [-0.25, -0.2) is 0 Å². The highest BCUT2D eigenvalue weighted by molar-refractivity contribution is 7.17. The summed E-state index contributed by atoms with van der Waals surface area (Å²) in [6.45, 7) is -0.507. The van der Waals surface area contributed by atoms with Gasteiger partial charge >= 0.3 is 5.97 Å². The van der Waals surface area contributed by atoms with Crippen molar-refractivity contribution in [2.75, 3.05) is 13.7 Å². The summed E-state index contributed by atoms with van der Waals surface area (Å²) in [5.41, 5.74) is 0.749. The van der Waals surface area contributed by atoms with Crippen LogP contribution in [-0.4, -0.2) is 46.8 Å². The molecule has 8 nitrogen and oxygen atoms in total. The van der Waals surface area contributed by atoms with Gasteiger partial charge in [-0.2, -0.15) is 4.99 Å². The molecule has 9 heteroatoms. The van der Waals surface area contributed by atoms with Gasteiger partial charge in [0.05, 0.1) is 17.3 Å². The van der Waals surface area contributed by atoms with E-state index in [1.54, 1.807) is 4.57 Å². The fourth-order valence-corrected chi connectivity index (χ4v) is 4.49. The fraction of sp³-hybridized carbons (Fsp3) is 0.250. The third kappa shape index (κ3) is 3.56. The number of thiazole rings is 1. The van der Waals surface area contributed by atoms with Crippen molar-refractivity contribution in [2.45, 2.75) is 19.4 Å². The largest absolute Gasteiger partial charge is 0.468 e. The second kappa shape index (κ2) is 7.59. The van der Waals surface area contributed by atoms with Crippen molar-refractivity contribution in [1.82, 2.24) is 9.47 Å². The first-order valence-electron chi connectivity index (χ1n) is 8.96. The highest BCUT2D eigenvalue weighted by atomic mass is 32.1. The first kappa shape index (κ1) is 19.0. The molecule has 1 saturated heterocycles. The van der Waals surface area contributed by atoms with Crippen molar-refractivity contribution < 1.29 is 23.9 Å². The summed E-state index contributed by atoms with van der Waals surface area (Å²) in [7, 11) is 1.29. The van der Waals surface area contributed by atoms with Crippen LogP contribution in [-0.2, 0) is 30.5 Å². The standard InChI is InChI=1S/C20H17N3O5S/c1-28-18(27)11-22-14-7-6-12-4-2-3-5-13(12)19(14)29-20(22)21-15(24)10-23-16(25)8-9-17(23)26/h2-7H,8-11H2,1H3. The van der Waals surface area contributed by atoms with Crippen LogP contribution >= 0.6 is 11.3 Å². The summed E-state index contributed by atoms with van der Waals surface area (Å²) in [5.74, 6) is -1.84. The molecular formula is C20H17N3O5S. The van der Waals surface area contributed by atoms with Gasteiger partial charge in [0.2, 0.25) is 11.8 Å². The molecule has 1 aliphatic heterocycles. The first-order valence-corrected chi connectivity index (χ1v) is 9.78. The van der Waals surface area contributed by atoms with Crippen LogP contribution in [0.2, 0.25) is 0 Å². The molecule has 0 unspecified atom stereocenters. The van der Waals surface area contributed by atoms with Crippen molar-refractivity contribution in [3.8, 4) is 0 Å². The average Bonchev–Trinajstić information content (AvgIpc) is 3.22. The maximum Gasteiger partial charge on any atom is 0.325 e. The number of imide groups is 1. The van der Waals surface area contributed by atoms with Gasteiger partial charge in [-0.1, -0.05) is 41.7 Å². The summed E-state index contributed by atoms with van der Waals surface area (Å²) in [4.78, 5) is 53.3. The Morgan fingerprint density at radius 2 is 1.79 bits per heavy atom. The summed E-state index contributed by atoms with van der Waals surface area (Å²) in [5, 5.41) is 2.00. The van der Waals surface area contributed by atoms with E-state index in [-0.39, 0.29) is 31.2 Å². The molecule has 0 atom stereocenters. The number of aromatic nitrogens is 1. The Kier molecular flexibility index (Phi) is 4.98. The van der Waals surface area contributed by atoms with Crippen LogP contribution in [0.25, 0.3) is 21.0 Å². The SMILES string of the molecule is COC(=O)Cn1c(=NC(=O)CN2C(=O)CCC2=O)sc2c3ccccc3ccc21. The third-order valence-electron chi connectivity index (χ3n) is 4.76. The molecule has 0 spiro atoms. The van der Waals surface area contributed by atoms with E-state index in [1.807, 2.05) is 36.4 Å². The number of amides is 3. The number of fused-ring (bicyclic) bond motifs is 3. The van der Waals surface area contributed by atoms with Crippen molar-refractivity contribution in [2.24, 2.45) is 4.99 Å². The Morgan fingerprint density at radius 3 is 2.52 bits per heavy atom. The lowest BCUT2D eigenvalue weighted by molar-refractivity contribution is -0.142. The number of hydrogen-bond donors (Lipinski definition) is 0. The van der Waals surface area contributed by atoms with Gasteiger partial charge in [0.25, 0.3) is 5.91 Å². The maximum absolute atomic E-state index is 12.5. The number of benzene rings is 2. The van der Waals surface area contributed by atoms with Gasteiger partial charge in [0, 0.05) is 18.2 Å². The molecule has 1 fully saturated rings. The van der Waals surface area contributed by atoms with Gasteiger partial charge < -0.3 is 9.30 Å². The second-order valence-corrected chi connectivity index (χ2v) is 7.54. The number of rotatable bonds is 4. The molecule has 3 amide bonds. The molecule has 4 rings (SSSR count). The number of ether oxygens (including phenoxy) is 1. The number of nitrogens with zero attached hydrogens (tertiary/aromatic N) is 3. The molecule has 148 valence electrons. The van der Waals surface area contributed by atoms with Crippen molar-refractivity contribution in [1.29, 1.82) is 0 Å². The number of likely N-dealkylation sites (tertiary alicyclic amines) is 1. The Bertz CT molecular complexity index is 1220. The van der Waals surface area contributed by atoms with Crippen LogP contribution in [0.15, 0.2) is 41.4 Å². The highest BCUT2D eigenvalue weighted by Gasteiger charge is 2.30. The number of carbonyl (C=O) groups excluding carboxylic acids is 4. The van der Waals surface area contributed by atoms with Gasteiger partial charge in [-0.05, 0) is 11.5 Å². The van der Waals surface area contributed by atoms with Crippen LogP contribution in [0.1, 0.15) is 12.8 Å². The van der Waals surface area contributed by atoms with Gasteiger partial charge in [-0.3, -0.25) is 24.1 Å². The quantitative estimate of drug-likeness (QED) is 0.480. The summed E-state index contributed by atoms with van der Waals surface area (Å²) >= 11 is 1.27. The zero-order valence-corrected chi connectivity index (χ0v) is 16.4. The van der Waals surface area contributed by atoms with Crippen LogP contribution in [0.4, 0.5) is 0 Å². The van der Waals surface area contributed by atoms with Gasteiger partial charge in [0.15, 0.2) is 4.80 Å². The van der Waals surface area contributed by atoms with Crippen LogP contribution in [0.5, 0.6) is 0 Å². The van der Waals surface area contributed by atoms with E-state index in [2.05, 4.69) is 4.99 Å².